The molecule has 0 bridgehead atoms. The van der Waals surface area contributed by atoms with Crippen molar-refractivity contribution in [1.29, 1.82) is 0 Å². The van der Waals surface area contributed by atoms with Crippen molar-refractivity contribution in [2.75, 3.05) is 0 Å². The summed E-state index contributed by atoms with van der Waals surface area (Å²) in [5.41, 5.74) is -0.496. The van der Waals surface area contributed by atoms with E-state index in [9.17, 15) is 4.79 Å². The van der Waals surface area contributed by atoms with Crippen LogP contribution in [0.25, 0.3) is 0 Å². The van der Waals surface area contributed by atoms with Gasteiger partial charge < -0.3 is 0 Å². The fraction of sp³-hybridized carbons (Fsp3) is 0. The predicted molar refractivity (Wildman–Crippen MR) is 34.9 cm³/mol. The molecule has 0 aliphatic heterocycles. The zero-order valence-electron chi connectivity index (χ0n) is 4.19. The van der Waals surface area contributed by atoms with E-state index in [0.29, 0.717) is 0 Å². The van der Waals surface area contributed by atoms with E-state index >= 15 is 0 Å². The summed E-state index contributed by atoms with van der Waals surface area (Å²) in [6, 6.07) is 0. The third-order valence-corrected chi connectivity index (χ3v) is 1.40. The molecule has 0 radical (unpaired) electrons. The summed E-state index contributed by atoms with van der Waals surface area (Å²) in [6.45, 7) is 0. The number of nitrogens with one attached hydrogen (secondary N) is 1. The monoisotopic (exact) mass is 164 g/mol. The van der Waals surface area contributed by atoms with Gasteiger partial charge in [-0.3, -0.25) is 4.98 Å². The first kappa shape index (κ1) is 6.58. The minimum atomic E-state index is -0.496. The molecule has 0 fully saturated rings. The van der Waals surface area contributed by atoms with Crippen LogP contribution in [0.1, 0.15) is 0 Å². The van der Waals surface area contributed by atoms with Crippen molar-refractivity contribution < 1.29 is 0 Å². The van der Waals surface area contributed by atoms with E-state index in [0.717, 1.165) is 0 Å². The summed E-state index contributed by atoms with van der Waals surface area (Å²) >= 11 is 10.8. The van der Waals surface area contributed by atoms with Crippen LogP contribution < -0.4 is 5.69 Å². The Morgan fingerprint density at radius 2 is 2.22 bits per heavy atom. The average Bonchev–Trinajstić information content (AvgIpc) is 1.80. The van der Waals surface area contributed by atoms with Crippen molar-refractivity contribution in [2.45, 2.75) is 0 Å². The van der Waals surface area contributed by atoms with Gasteiger partial charge in [0.1, 0.15) is 5.15 Å². The van der Waals surface area contributed by atoms with Crippen LogP contribution in [-0.4, -0.2) is 9.97 Å². The van der Waals surface area contributed by atoms with Gasteiger partial charge in [-0.05, 0) is 0 Å². The SMILES string of the molecule is O=c1ncc(Cl)c(Cl)[nH]1. The van der Waals surface area contributed by atoms with Crippen molar-refractivity contribution in [1.82, 2.24) is 9.97 Å². The molecule has 0 saturated carbocycles. The Bertz CT molecular complexity index is 270. The third-order valence-electron chi connectivity index (χ3n) is 0.722. The Morgan fingerprint density at radius 3 is 2.67 bits per heavy atom. The summed E-state index contributed by atoms with van der Waals surface area (Å²) in [6.07, 6.45) is 1.20. The number of hydrogen-bond acceptors (Lipinski definition) is 2. The number of hydrogen-bond donors (Lipinski definition) is 1. The van der Waals surface area contributed by atoms with Gasteiger partial charge in [0, 0.05) is 0 Å². The molecular weight excluding hydrogens is 163 g/mol. The lowest BCUT2D eigenvalue weighted by Crippen LogP contribution is -2.08. The molecule has 5 heteroatoms. The predicted octanol–water partition coefficient (Wildman–Crippen LogP) is 1.08. The zero-order valence-corrected chi connectivity index (χ0v) is 5.70. The maximum Gasteiger partial charge on any atom is 0.346 e. The summed E-state index contributed by atoms with van der Waals surface area (Å²) < 4.78 is 0. The number of rotatable bonds is 0. The lowest BCUT2D eigenvalue weighted by molar-refractivity contribution is 1.08. The Kier molecular flexibility index (Phi) is 1.73. The van der Waals surface area contributed by atoms with Crippen LogP contribution in [0.4, 0.5) is 0 Å². The Hall–Kier alpha value is -0.540. The van der Waals surface area contributed by atoms with Crippen molar-refractivity contribution in [3.05, 3.63) is 26.9 Å². The van der Waals surface area contributed by atoms with Gasteiger partial charge >= 0.3 is 5.69 Å². The third kappa shape index (κ3) is 1.43. The molecule has 1 heterocycles. The molecule has 9 heavy (non-hydrogen) atoms. The second-order valence-corrected chi connectivity index (χ2v) is 2.14. The number of nitrogens with zero attached hydrogens (tertiary/aromatic N) is 1. The quantitative estimate of drug-likeness (QED) is 0.584. The molecule has 0 aromatic carbocycles. The molecule has 1 aromatic heterocycles. The lowest BCUT2D eigenvalue weighted by Gasteiger charge is -1.88. The van der Waals surface area contributed by atoms with Crippen LogP contribution in [0.3, 0.4) is 0 Å². The van der Waals surface area contributed by atoms with Gasteiger partial charge in [-0.25, -0.2) is 9.78 Å². The molecule has 0 aliphatic carbocycles. The van der Waals surface area contributed by atoms with E-state index in [1.807, 2.05) is 0 Å². The molecule has 1 aromatic rings. The molecular formula is C4H2Cl2N2O. The summed E-state index contributed by atoms with van der Waals surface area (Å²) in [5.74, 6) is 0. The Morgan fingerprint density at radius 1 is 1.56 bits per heavy atom. The fourth-order valence-corrected chi connectivity index (χ4v) is 0.584. The van der Waals surface area contributed by atoms with Crippen LogP contribution in [0.2, 0.25) is 10.2 Å². The van der Waals surface area contributed by atoms with Gasteiger partial charge in [0.25, 0.3) is 0 Å². The molecule has 0 atom stereocenters. The minimum absolute atomic E-state index is 0.122. The van der Waals surface area contributed by atoms with Crippen molar-refractivity contribution >= 4 is 23.2 Å². The highest BCUT2D eigenvalue weighted by molar-refractivity contribution is 6.40. The highest BCUT2D eigenvalue weighted by Crippen LogP contribution is 2.13. The van der Waals surface area contributed by atoms with E-state index < -0.39 is 5.69 Å². The van der Waals surface area contributed by atoms with Gasteiger partial charge in [0.05, 0.1) is 11.2 Å². The van der Waals surface area contributed by atoms with E-state index in [2.05, 4.69) is 9.97 Å². The molecule has 48 valence electrons. The van der Waals surface area contributed by atoms with Crippen molar-refractivity contribution in [3.8, 4) is 0 Å². The molecule has 1 N–H and O–H groups in total. The molecule has 1 rings (SSSR count). The molecule has 3 nitrogen and oxygen atoms in total. The second-order valence-electron chi connectivity index (χ2n) is 1.35. The number of halogens is 2. The van der Waals surface area contributed by atoms with E-state index in [4.69, 9.17) is 23.2 Å². The van der Waals surface area contributed by atoms with Gasteiger partial charge in [0.2, 0.25) is 0 Å². The maximum atomic E-state index is 10.3. The topological polar surface area (TPSA) is 45.8 Å². The highest BCUT2D eigenvalue weighted by Gasteiger charge is 1.94. The molecule has 0 amide bonds. The first-order chi connectivity index (χ1) is 4.20. The van der Waals surface area contributed by atoms with Crippen LogP contribution in [0, 0.1) is 0 Å². The zero-order chi connectivity index (χ0) is 6.85. The van der Waals surface area contributed by atoms with Crippen LogP contribution in [0.5, 0.6) is 0 Å². The second kappa shape index (κ2) is 2.37. The van der Waals surface area contributed by atoms with E-state index in [-0.39, 0.29) is 10.2 Å². The Labute approximate surface area is 60.6 Å². The summed E-state index contributed by atoms with van der Waals surface area (Å²) in [7, 11) is 0. The van der Waals surface area contributed by atoms with Gasteiger partial charge in [-0.2, -0.15) is 0 Å². The fourth-order valence-electron chi connectivity index (χ4n) is 0.358. The van der Waals surface area contributed by atoms with Crippen LogP contribution in [0.15, 0.2) is 11.0 Å². The molecule has 0 unspecified atom stereocenters. The van der Waals surface area contributed by atoms with Gasteiger partial charge in [0.15, 0.2) is 0 Å². The average molecular weight is 165 g/mol. The van der Waals surface area contributed by atoms with Crippen molar-refractivity contribution in [3.63, 3.8) is 0 Å². The van der Waals surface area contributed by atoms with E-state index in [1.54, 1.807) is 0 Å². The van der Waals surface area contributed by atoms with Crippen LogP contribution in [-0.2, 0) is 0 Å². The number of aromatic amines is 1. The normalized spacial score (nSPS) is 9.56. The molecule has 0 saturated heterocycles. The van der Waals surface area contributed by atoms with Gasteiger partial charge in [-0.15, -0.1) is 0 Å². The largest absolute Gasteiger partial charge is 0.346 e. The van der Waals surface area contributed by atoms with Gasteiger partial charge in [-0.1, -0.05) is 23.2 Å². The lowest BCUT2D eigenvalue weighted by atomic mass is 10.7. The van der Waals surface area contributed by atoms with Crippen molar-refractivity contribution in [2.24, 2.45) is 0 Å². The maximum absolute atomic E-state index is 10.3. The molecule has 0 spiro atoms. The Balaban J connectivity index is 3.34. The smallest absolute Gasteiger partial charge is 0.295 e. The minimum Gasteiger partial charge on any atom is -0.295 e. The highest BCUT2D eigenvalue weighted by atomic mass is 35.5. The number of aromatic nitrogens is 2. The number of H-pyrrole nitrogens is 1. The van der Waals surface area contributed by atoms with Crippen LogP contribution >= 0.6 is 23.2 Å². The summed E-state index contributed by atoms with van der Waals surface area (Å²) in [5, 5.41) is 0.368. The first-order valence-electron chi connectivity index (χ1n) is 2.10. The first-order valence-corrected chi connectivity index (χ1v) is 2.86. The summed E-state index contributed by atoms with van der Waals surface area (Å²) in [4.78, 5) is 15.9. The molecule has 0 aliphatic rings. The standard InChI is InChI=1S/C4H2Cl2N2O/c5-2-1-7-4(9)8-3(2)6/h1H,(H,7,8,9). The van der Waals surface area contributed by atoms with E-state index in [1.165, 1.54) is 6.20 Å².